The van der Waals surface area contributed by atoms with Crippen LogP contribution in [0.1, 0.15) is 42.5 Å². The van der Waals surface area contributed by atoms with Gasteiger partial charge >= 0.3 is 0 Å². The topological polar surface area (TPSA) is 71.5 Å². The Morgan fingerprint density at radius 3 is 2.79 bits per heavy atom. The summed E-state index contributed by atoms with van der Waals surface area (Å²) in [6.45, 7) is 3.22. The van der Waals surface area contributed by atoms with E-state index in [0.717, 1.165) is 50.0 Å². The molecular weight excluding hydrogens is 414 g/mol. The highest BCUT2D eigenvalue weighted by Gasteiger charge is 2.23. The van der Waals surface area contributed by atoms with Gasteiger partial charge in [-0.05, 0) is 60.6 Å². The van der Waals surface area contributed by atoms with E-state index in [1.807, 2.05) is 18.2 Å². The van der Waals surface area contributed by atoms with Gasteiger partial charge in [0.25, 0.3) is 0 Å². The highest BCUT2D eigenvalue weighted by Crippen LogP contribution is 2.21. The molecule has 172 valence electrons. The average molecular weight is 446 g/mol. The van der Waals surface area contributed by atoms with E-state index in [1.165, 1.54) is 11.1 Å². The van der Waals surface area contributed by atoms with Crippen LogP contribution in [0.5, 0.6) is 0 Å². The predicted octanol–water partition coefficient (Wildman–Crippen LogP) is 3.64. The Kier molecular flexibility index (Phi) is 8.17. The number of hydrogen-bond donors (Lipinski definition) is 1. The number of ketones is 1. The van der Waals surface area contributed by atoms with Crippen molar-refractivity contribution in [3.63, 3.8) is 0 Å². The van der Waals surface area contributed by atoms with Gasteiger partial charge in [-0.15, -0.1) is 0 Å². The molecule has 4 rings (SSSR count). The zero-order chi connectivity index (χ0) is 22.9. The number of aromatic nitrogens is 1. The Balaban J connectivity index is 1.21. The van der Waals surface area contributed by atoms with Crippen LogP contribution >= 0.6 is 0 Å². The Bertz CT molecular complexity index is 993. The molecule has 1 saturated heterocycles. The van der Waals surface area contributed by atoms with Crippen molar-refractivity contribution in [2.24, 2.45) is 0 Å². The van der Waals surface area contributed by atoms with E-state index in [-0.39, 0.29) is 17.8 Å². The van der Waals surface area contributed by atoms with E-state index in [0.29, 0.717) is 19.7 Å². The first-order valence-electron chi connectivity index (χ1n) is 11.7. The molecule has 1 N–H and O–H groups in total. The molecular formula is C27H31N3O3. The van der Waals surface area contributed by atoms with Crippen LogP contribution in [0.2, 0.25) is 0 Å². The van der Waals surface area contributed by atoms with Gasteiger partial charge in [0, 0.05) is 25.9 Å². The van der Waals surface area contributed by atoms with Crippen molar-refractivity contribution < 1.29 is 14.3 Å². The zero-order valence-corrected chi connectivity index (χ0v) is 18.9. The first-order chi connectivity index (χ1) is 16.2. The van der Waals surface area contributed by atoms with Gasteiger partial charge in [-0.2, -0.15) is 0 Å². The molecule has 1 aromatic carbocycles. The molecule has 2 aliphatic heterocycles. The number of nitrogens with zero attached hydrogens (tertiary/aromatic N) is 2. The second kappa shape index (κ2) is 11.7. The number of carbonyl (C=O) groups is 2. The van der Waals surface area contributed by atoms with Crippen molar-refractivity contribution in [3.8, 4) is 0 Å². The maximum absolute atomic E-state index is 12.5. The van der Waals surface area contributed by atoms with Crippen LogP contribution in [0, 0.1) is 0 Å². The summed E-state index contributed by atoms with van der Waals surface area (Å²) >= 11 is 0. The molecule has 6 heteroatoms. The number of ether oxygens (including phenoxy) is 1. The van der Waals surface area contributed by atoms with Crippen LogP contribution in [-0.2, 0) is 20.9 Å². The Hall–Kier alpha value is -3.09. The number of rotatable bonds is 8. The number of carbonyl (C=O) groups excluding carboxylic acids is 2. The molecule has 1 aromatic heterocycles. The summed E-state index contributed by atoms with van der Waals surface area (Å²) in [5.41, 5.74) is 4.27. The molecule has 2 aromatic rings. The van der Waals surface area contributed by atoms with Crippen LogP contribution in [0.25, 0.3) is 11.6 Å². The van der Waals surface area contributed by atoms with Crippen molar-refractivity contribution in [3.05, 3.63) is 77.6 Å². The van der Waals surface area contributed by atoms with Crippen molar-refractivity contribution in [1.82, 2.24) is 15.2 Å². The summed E-state index contributed by atoms with van der Waals surface area (Å²) in [5.74, 6) is 0.00883. The number of benzene rings is 1. The first-order valence-corrected chi connectivity index (χ1v) is 11.7. The minimum Gasteiger partial charge on any atom is -0.368 e. The van der Waals surface area contributed by atoms with E-state index in [4.69, 9.17) is 4.74 Å². The molecule has 3 heterocycles. The minimum absolute atomic E-state index is 0.0801. The lowest BCUT2D eigenvalue weighted by Crippen LogP contribution is -2.33. The zero-order valence-electron chi connectivity index (χ0n) is 18.9. The van der Waals surface area contributed by atoms with E-state index in [9.17, 15) is 9.59 Å². The van der Waals surface area contributed by atoms with Gasteiger partial charge in [0.15, 0.2) is 5.78 Å². The van der Waals surface area contributed by atoms with Gasteiger partial charge < -0.3 is 10.1 Å². The second-order valence-corrected chi connectivity index (χ2v) is 8.51. The number of nitrogens with one attached hydrogen (secondary N) is 1. The average Bonchev–Trinajstić information content (AvgIpc) is 3.30. The first kappa shape index (κ1) is 23.1. The molecule has 0 saturated carbocycles. The van der Waals surface area contributed by atoms with Gasteiger partial charge in [-0.25, -0.2) is 0 Å². The van der Waals surface area contributed by atoms with E-state index in [1.54, 1.807) is 18.3 Å². The van der Waals surface area contributed by atoms with Gasteiger partial charge in [0.1, 0.15) is 6.10 Å². The third kappa shape index (κ3) is 6.94. The normalized spacial score (nSPS) is 19.3. The van der Waals surface area contributed by atoms with E-state index >= 15 is 0 Å². The molecule has 1 fully saturated rings. The molecule has 1 unspecified atom stereocenters. The summed E-state index contributed by atoms with van der Waals surface area (Å²) in [6.07, 6.45) is 10.7. The highest BCUT2D eigenvalue weighted by molar-refractivity contribution is 5.95. The van der Waals surface area contributed by atoms with Crippen LogP contribution in [0.4, 0.5) is 0 Å². The van der Waals surface area contributed by atoms with Crippen molar-refractivity contribution >= 4 is 23.3 Å². The third-order valence-corrected chi connectivity index (χ3v) is 6.03. The highest BCUT2D eigenvalue weighted by atomic mass is 16.5. The van der Waals surface area contributed by atoms with E-state index in [2.05, 4.69) is 45.5 Å². The second-order valence-electron chi connectivity index (χ2n) is 8.51. The summed E-state index contributed by atoms with van der Waals surface area (Å²) < 4.78 is 5.38. The fraction of sp³-hybridized carbons (Fsp3) is 0.370. The molecule has 33 heavy (non-hydrogen) atoms. The van der Waals surface area contributed by atoms with Crippen LogP contribution in [-0.4, -0.2) is 53.9 Å². The molecule has 1 amide bonds. The van der Waals surface area contributed by atoms with Gasteiger partial charge in [0.05, 0.1) is 18.8 Å². The molecule has 6 nitrogen and oxygen atoms in total. The standard InChI is InChI=1S/C27H31N3O3/c31-25(20-30-15-4-8-23(14-16-30)22-6-2-1-3-7-22)13-11-21-10-12-24(28-18-21)19-29-27(32)26-9-5-17-33-26/h1-3,6-8,10-13,18,26H,4-5,9,14-17,19-20H2,(H,29,32)/b13-11+. The fourth-order valence-electron chi connectivity index (χ4n) is 4.16. The number of amides is 1. The molecule has 0 bridgehead atoms. The number of hydrogen-bond acceptors (Lipinski definition) is 5. The van der Waals surface area contributed by atoms with Gasteiger partial charge in [0.2, 0.25) is 5.91 Å². The lowest BCUT2D eigenvalue weighted by Gasteiger charge is -2.18. The lowest BCUT2D eigenvalue weighted by atomic mass is 10.0. The largest absolute Gasteiger partial charge is 0.368 e. The fourth-order valence-corrected chi connectivity index (χ4v) is 4.16. The van der Waals surface area contributed by atoms with Crippen LogP contribution in [0.15, 0.2) is 60.8 Å². The van der Waals surface area contributed by atoms with Crippen LogP contribution < -0.4 is 5.32 Å². The molecule has 0 aliphatic carbocycles. The third-order valence-electron chi connectivity index (χ3n) is 6.03. The molecule has 2 aliphatic rings. The van der Waals surface area contributed by atoms with E-state index < -0.39 is 0 Å². The van der Waals surface area contributed by atoms with Crippen LogP contribution in [0.3, 0.4) is 0 Å². The SMILES string of the molecule is O=C(/C=C/c1ccc(CNC(=O)C2CCCO2)nc1)CN1CCC=C(c2ccccc2)CC1. The maximum atomic E-state index is 12.5. The summed E-state index contributed by atoms with van der Waals surface area (Å²) in [6, 6.07) is 14.2. The van der Waals surface area contributed by atoms with Gasteiger partial charge in [-0.3, -0.25) is 19.5 Å². The van der Waals surface area contributed by atoms with Crippen molar-refractivity contribution in [1.29, 1.82) is 0 Å². The van der Waals surface area contributed by atoms with Gasteiger partial charge in [-0.1, -0.05) is 42.5 Å². The summed E-state index contributed by atoms with van der Waals surface area (Å²) in [4.78, 5) is 31.1. The maximum Gasteiger partial charge on any atom is 0.249 e. The summed E-state index contributed by atoms with van der Waals surface area (Å²) in [7, 11) is 0. The van der Waals surface area contributed by atoms with Crippen molar-refractivity contribution in [2.45, 2.75) is 38.3 Å². The Morgan fingerprint density at radius 2 is 2.03 bits per heavy atom. The Morgan fingerprint density at radius 1 is 1.15 bits per heavy atom. The predicted molar refractivity (Wildman–Crippen MR) is 129 cm³/mol. The lowest BCUT2D eigenvalue weighted by molar-refractivity contribution is -0.130. The minimum atomic E-state index is -0.330. The molecule has 0 spiro atoms. The van der Waals surface area contributed by atoms with Crippen molar-refractivity contribution in [2.75, 3.05) is 26.2 Å². The smallest absolute Gasteiger partial charge is 0.249 e. The molecule has 1 atom stereocenters. The number of pyridine rings is 1. The Labute approximate surface area is 195 Å². The monoisotopic (exact) mass is 445 g/mol. The summed E-state index contributed by atoms with van der Waals surface area (Å²) in [5, 5.41) is 2.87. The quantitative estimate of drug-likeness (QED) is 0.628. The molecule has 0 radical (unpaired) electrons.